The molecule has 104 valence electrons. The molecule has 0 amide bonds. The predicted molar refractivity (Wildman–Crippen MR) is 51.1 cm³/mol. The summed E-state index contributed by atoms with van der Waals surface area (Å²) in [7, 11) is -5.93. The highest BCUT2D eigenvalue weighted by molar-refractivity contribution is 7.87. The van der Waals surface area contributed by atoms with Gasteiger partial charge in [-0.05, 0) is 18.8 Å². The Morgan fingerprint density at radius 1 is 1.28 bits per heavy atom. The summed E-state index contributed by atoms with van der Waals surface area (Å²) in [6, 6.07) is 0. The van der Waals surface area contributed by atoms with Crippen LogP contribution in [0.15, 0.2) is 0 Å². The van der Waals surface area contributed by atoms with Crippen LogP contribution in [0.25, 0.3) is 0 Å². The second kappa shape index (κ2) is 5.14. The fraction of sp³-hybridized carbons (Fsp3) is 0.750. The molecule has 0 aliphatic heterocycles. The van der Waals surface area contributed by atoms with Gasteiger partial charge in [0, 0.05) is 0 Å². The third-order valence-electron chi connectivity index (χ3n) is 2.06. The first-order valence-electron chi connectivity index (χ1n) is 4.82. The van der Waals surface area contributed by atoms with E-state index in [0.29, 0.717) is 0 Å². The van der Waals surface area contributed by atoms with Crippen LogP contribution in [0.2, 0.25) is 0 Å². The number of halogens is 2. The molecule has 0 aromatic rings. The van der Waals surface area contributed by atoms with E-state index < -0.39 is 33.9 Å². The number of carbonyl (C=O) groups is 2. The van der Waals surface area contributed by atoms with E-state index in [-0.39, 0.29) is 12.5 Å². The molecule has 18 heavy (non-hydrogen) atoms. The Balaban J connectivity index is 2.37. The van der Waals surface area contributed by atoms with Gasteiger partial charge in [0.15, 0.2) is 6.61 Å². The fourth-order valence-electron chi connectivity index (χ4n) is 0.851. The highest BCUT2D eigenvalue weighted by atomic mass is 32.2. The van der Waals surface area contributed by atoms with Crippen molar-refractivity contribution < 1.29 is 40.8 Å². The van der Waals surface area contributed by atoms with Crippen molar-refractivity contribution in [2.75, 3.05) is 13.2 Å². The number of rotatable bonds is 6. The van der Waals surface area contributed by atoms with Gasteiger partial charge in [-0.25, -0.2) is 9.59 Å². The predicted octanol–water partition coefficient (Wildman–Crippen LogP) is -0.0366. The van der Waals surface area contributed by atoms with Gasteiger partial charge < -0.3 is 9.47 Å². The molecule has 0 saturated heterocycles. The molecular weight excluding hydrogens is 278 g/mol. The van der Waals surface area contributed by atoms with Crippen LogP contribution < -0.4 is 0 Å². The number of carbonyl (C=O) groups excluding carboxylic acids is 2. The first-order chi connectivity index (χ1) is 8.14. The summed E-state index contributed by atoms with van der Waals surface area (Å²) >= 11 is 0. The number of ether oxygens (including phenoxy) is 2. The Kier molecular flexibility index (Phi) is 4.22. The molecule has 1 N–H and O–H groups in total. The van der Waals surface area contributed by atoms with Gasteiger partial charge in [-0.1, -0.05) is 0 Å². The molecule has 0 unspecified atom stereocenters. The van der Waals surface area contributed by atoms with Crippen LogP contribution in [0.1, 0.15) is 12.8 Å². The lowest BCUT2D eigenvalue weighted by molar-refractivity contribution is -0.169. The molecular formula is C8H10F2O7S. The van der Waals surface area contributed by atoms with Crippen molar-refractivity contribution in [3.05, 3.63) is 0 Å². The van der Waals surface area contributed by atoms with Gasteiger partial charge in [0.1, 0.15) is 0 Å². The summed E-state index contributed by atoms with van der Waals surface area (Å²) in [5.41, 5.74) is 0. The Hall–Kier alpha value is -1.29. The third kappa shape index (κ3) is 3.88. The van der Waals surface area contributed by atoms with Crippen molar-refractivity contribution in [1.82, 2.24) is 0 Å². The molecule has 0 bridgehead atoms. The van der Waals surface area contributed by atoms with Gasteiger partial charge in [-0.2, -0.15) is 17.2 Å². The highest BCUT2D eigenvalue weighted by Crippen LogP contribution is 2.28. The lowest BCUT2D eigenvalue weighted by Crippen LogP contribution is -2.39. The van der Waals surface area contributed by atoms with Crippen LogP contribution >= 0.6 is 0 Å². The van der Waals surface area contributed by atoms with Crippen LogP contribution in [-0.4, -0.2) is 43.4 Å². The number of esters is 2. The van der Waals surface area contributed by atoms with Gasteiger partial charge in [-0.3, -0.25) is 4.55 Å². The van der Waals surface area contributed by atoms with Crippen LogP contribution in [0.4, 0.5) is 8.78 Å². The Morgan fingerprint density at radius 2 is 1.83 bits per heavy atom. The SMILES string of the molecule is O=C(COC(=O)C(F)(F)S(=O)(=O)O)OCC1CC1. The van der Waals surface area contributed by atoms with Gasteiger partial charge in [0.25, 0.3) is 0 Å². The van der Waals surface area contributed by atoms with Crippen LogP contribution in [0.5, 0.6) is 0 Å². The Labute approximate surface area is 101 Å². The molecule has 1 aliphatic rings. The number of hydrogen-bond donors (Lipinski definition) is 1. The molecule has 0 atom stereocenters. The summed E-state index contributed by atoms with van der Waals surface area (Å²) in [5, 5.41) is -5.11. The first-order valence-corrected chi connectivity index (χ1v) is 6.26. The van der Waals surface area contributed by atoms with Crippen LogP contribution in [-0.2, 0) is 29.2 Å². The van der Waals surface area contributed by atoms with E-state index in [9.17, 15) is 26.8 Å². The second-order valence-corrected chi connectivity index (χ2v) is 5.16. The largest absolute Gasteiger partial charge is 0.465 e. The maximum Gasteiger partial charge on any atom is 0.465 e. The van der Waals surface area contributed by atoms with Crippen molar-refractivity contribution in [3.8, 4) is 0 Å². The van der Waals surface area contributed by atoms with Gasteiger partial charge in [0.05, 0.1) is 6.61 Å². The first kappa shape index (κ1) is 14.8. The number of alkyl halides is 2. The maximum atomic E-state index is 12.6. The van der Waals surface area contributed by atoms with Gasteiger partial charge in [-0.15, -0.1) is 0 Å². The number of hydrogen-bond acceptors (Lipinski definition) is 6. The van der Waals surface area contributed by atoms with E-state index >= 15 is 0 Å². The van der Waals surface area contributed by atoms with Crippen molar-refractivity contribution in [1.29, 1.82) is 0 Å². The summed E-state index contributed by atoms with van der Waals surface area (Å²) < 4.78 is 61.9. The second-order valence-electron chi connectivity index (χ2n) is 3.69. The zero-order valence-corrected chi connectivity index (χ0v) is 9.78. The fourth-order valence-corrected chi connectivity index (χ4v) is 1.12. The lowest BCUT2D eigenvalue weighted by Gasteiger charge is -2.11. The van der Waals surface area contributed by atoms with E-state index in [1.165, 1.54) is 0 Å². The van der Waals surface area contributed by atoms with Crippen molar-refractivity contribution in [2.24, 2.45) is 5.92 Å². The smallest absolute Gasteiger partial charge is 0.463 e. The van der Waals surface area contributed by atoms with Crippen molar-refractivity contribution in [2.45, 2.75) is 18.1 Å². The topological polar surface area (TPSA) is 107 Å². The minimum Gasteiger partial charge on any atom is -0.463 e. The van der Waals surface area contributed by atoms with Gasteiger partial charge >= 0.3 is 27.3 Å². The summed E-state index contributed by atoms with van der Waals surface area (Å²) in [5.74, 6) is -3.36. The van der Waals surface area contributed by atoms with E-state index in [2.05, 4.69) is 9.47 Å². The minimum atomic E-state index is -5.93. The molecule has 0 radical (unpaired) electrons. The summed E-state index contributed by atoms with van der Waals surface area (Å²) in [6.45, 7) is -1.04. The van der Waals surface area contributed by atoms with Crippen molar-refractivity contribution in [3.63, 3.8) is 0 Å². The molecule has 0 aromatic carbocycles. The Morgan fingerprint density at radius 3 is 2.28 bits per heavy atom. The van der Waals surface area contributed by atoms with Gasteiger partial charge in [0.2, 0.25) is 0 Å². The Bertz CT molecular complexity index is 440. The minimum absolute atomic E-state index is 0.102. The molecule has 0 heterocycles. The molecule has 1 aliphatic carbocycles. The summed E-state index contributed by atoms with van der Waals surface area (Å²) in [6.07, 6.45) is 1.79. The molecule has 7 nitrogen and oxygen atoms in total. The molecule has 10 heteroatoms. The normalized spacial score (nSPS) is 16.2. The lowest BCUT2D eigenvalue weighted by atomic mass is 10.5. The highest BCUT2D eigenvalue weighted by Gasteiger charge is 2.54. The zero-order chi connectivity index (χ0) is 14.0. The molecule has 0 spiro atoms. The molecule has 1 fully saturated rings. The molecule has 1 rings (SSSR count). The average Bonchev–Trinajstić information content (AvgIpc) is 3.04. The average molecular weight is 288 g/mol. The van der Waals surface area contributed by atoms with E-state index in [1.54, 1.807) is 0 Å². The van der Waals surface area contributed by atoms with Crippen molar-refractivity contribution >= 4 is 22.1 Å². The summed E-state index contributed by atoms with van der Waals surface area (Å²) in [4.78, 5) is 21.5. The standard InChI is InChI=1S/C8H10F2O7S/c9-8(10,18(13,14)15)7(12)17-4-6(11)16-3-5-1-2-5/h5H,1-4H2,(H,13,14,15). The molecule has 0 aromatic heterocycles. The van der Waals surface area contributed by atoms with E-state index in [1.807, 2.05) is 0 Å². The third-order valence-corrected chi connectivity index (χ3v) is 2.87. The zero-order valence-electron chi connectivity index (χ0n) is 8.97. The van der Waals surface area contributed by atoms with E-state index in [0.717, 1.165) is 12.8 Å². The van der Waals surface area contributed by atoms with Crippen LogP contribution in [0.3, 0.4) is 0 Å². The quantitative estimate of drug-likeness (QED) is 0.540. The monoisotopic (exact) mass is 288 g/mol. The van der Waals surface area contributed by atoms with Crippen LogP contribution in [0, 0.1) is 5.92 Å². The maximum absolute atomic E-state index is 12.6. The molecule has 1 saturated carbocycles. The van der Waals surface area contributed by atoms with E-state index in [4.69, 9.17) is 4.55 Å².